The Hall–Kier alpha value is -0.580. The molecule has 0 saturated carbocycles. The van der Waals surface area contributed by atoms with E-state index in [0.29, 0.717) is 13.0 Å². The number of rotatable bonds is 6. The molecule has 3 nitrogen and oxygen atoms in total. The Morgan fingerprint density at radius 1 is 1.24 bits per heavy atom. The van der Waals surface area contributed by atoms with E-state index < -0.39 is 0 Å². The summed E-state index contributed by atoms with van der Waals surface area (Å²) in [5, 5.41) is 5.84. The summed E-state index contributed by atoms with van der Waals surface area (Å²) in [5.41, 5.74) is 1.23. The second-order valence-electron chi connectivity index (χ2n) is 3.58. The molecule has 0 atom stereocenters. The standard InChI is InChI=1S/C12H17BrN2O.ClH/c1-14-8-7-12(16)15-9-6-10-2-4-11(13)5-3-10;/h2-5,14H,6-9H2,1H3,(H,15,16);1H. The fraction of sp³-hybridized carbons (Fsp3) is 0.417. The molecule has 0 aliphatic rings. The van der Waals surface area contributed by atoms with Gasteiger partial charge in [-0.15, -0.1) is 12.4 Å². The predicted molar refractivity (Wildman–Crippen MR) is 76.6 cm³/mol. The van der Waals surface area contributed by atoms with Crippen LogP contribution in [0.3, 0.4) is 0 Å². The molecule has 1 aromatic rings. The van der Waals surface area contributed by atoms with E-state index in [2.05, 4.69) is 38.7 Å². The number of carbonyl (C=O) groups is 1. The lowest BCUT2D eigenvalue weighted by molar-refractivity contribution is -0.120. The number of halogens is 2. The molecule has 5 heteroatoms. The van der Waals surface area contributed by atoms with Crippen LogP contribution in [-0.4, -0.2) is 26.0 Å². The van der Waals surface area contributed by atoms with Crippen LogP contribution in [0.5, 0.6) is 0 Å². The van der Waals surface area contributed by atoms with Crippen LogP contribution >= 0.6 is 28.3 Å². The van der Waals surface area contributed by atoms with Gasteiger partial charge in [0.1, 0.15) is 0 Å². The van der Waals surface area contributed by atoms with Crippen molar-refractivity contribution in [3.8, 4) is 0 Å². The lowest BCUT2D eigenvalue weighted by Gasteiger charge is -2.05. The zero-order valence-corrected chi connectivity index (χ0v) is 12.2. The van der Waals surface area contributed by atoms with E-state index in [-0.39, 0.29) is 18.3 Å². The molecular formula is C12H18BrClN2O. The molecule has 0 spiro atoms. The van der Waals surface area contributed by atoms with Crippen molar-refractivity contribution in [3.05, 3.63) is 34.3 Å². The van der Waals surface area contributed by atoms with E-state index in [1.54, 1.807) is 0 Å². The highest BCUT2D eigenvalue weighted by Crippen LogP contribution is 2.10. The molecule has 17 heavy (non-hydrogen) atoms. The van der Waals surface area contributed by atoms with Gasteiger partial charge in [-0.25, -0.2) is 0 Å². The maximum atomic E-state index is 11.3. The molecule has 0 bridgehead atoms. The molecule has 0 fully saturated rings. The normalized spacial score (nSPS) is 9.53. The zero-order valence-electron chi connectivity index (χ0n) is 9.83. The van der Waals surface area contributed by atoms with Crippen molar-refractivity contribution < 1.29 is 4.79 Å². The van der Waals surface area contributed by atoms with Gasteiger partial charge in [0.15, 0.2) is 0 Å². The highest BCUT2D eigenvalue weighted by atomic mass is 79.9. The number of amides is 1. The summed E-state index contributed by atoms with van der Waals surface area (Å²) in [6, 6.07) is 8.14. The van der Waals surface area contributed by atoms with Crippen molar-refractivity contribution in [2.45, 2.75) is 12.8 Å². The molecule has 1 rings (SSSR count). The first-order chi connectivity index (χ1) is 7.72. The molecule has 0 radical (unpaired) electrons. The number of nitrogens with one attached hydrogen (secondary N) is 2. The van der Waals surface area contributed by atoms with E-state index in [4.69, 9.17) is 0 Å². The Morgan fingerprint density at radius 2 is 1.88 bits per heavy atom. The van der Waals surface area contributed by atoms with E-state index in [1.807, 2.05) is 19.2 Å². The molecule has 1 amide bonds. The van der Waals surface area contributed by atoms with Gasteiger partial charge in [-0.05, 0) is 31.2 Å². The van der Waals surface area contributed by atoms with Crippen molar-refractivity contribution >= 4 is 34.2 Å². The summed E-state index contributed by atoms with van der Waals surface area (Å²) in [7, 11) is 1.84. The summed E-state index contributed by atoms with van der Waals surface area (Å²) in [6.07, 6.45) is 1.41. The molecule has 0 aliphatic carbocycles. The molecule has 1 aromatic carbocycles. The predicted octanol–water partition coefficient (Wildman–Crippen LogP) is 2.14. The van der Waals surface area contributed by atoms with Crippen LogP contribution in [0.2, 0.25) is 0 Å². The minimum atomic E-state index is 0. The van der Waals surface area contributed by atoms with Crippen molar-refractivity contribution in [1.82, 2.24) is 10.6 Å². The molecule has 96 valence electrons. The Bertz CT molecular complexity index is 330. The van der Waals surface area contributed by atoms with Crippen molar-refractivity contribution in [1.29, 1.82) is 0 Å². The van der Waals surface area contributed by atoms with Gasteiger partial charge >= 0.3 is 0 Å². The van der Waals surface area contributed by atoms with Crippen LogP contribution in [-0.2, 0) is 11.2 Å². The van der Waals surface area contributed by atoms with Gasteiger partial charge in [0.25, 0.3) is 0 Å². The van der Waals surface area contributed by atoms with Gasteiger partial charge in [0.2, 0.25) is 5.91 Å². The van der Waals surface area contributed by atoms with Crippen LogP contribution in [0.4, 0.5) is 0 Å². The number of hydrogen-bond donors (Lipinski definition) is 2. The Labute approximate surface area is 117 Å². The van der Waals surface area contributed by atoms with Gasteiger partial charge < -0.3 is 10.6 Å². The second kappa shape index (κ2) is 9.45. The Kier molecular flexibility index (Phi) is 9.13. The maximum absolute atomic E-state index is 11.3. The Balaban J connectivity index is 0.00000256. The minimum absolute atomic E-state index is 0. The fourth-order valence-electron chi connectivity index (χ4n) is 1.32. The average Bonchev–Trinajstić information content (AvgIpc) is 2.29. The van der Waals surface area contributed by atoms with Crippen molar-refractivity contribution in [2.75, 3.05) is 20.1 Å². The summed E-state index contributed by atoms with van der Waals surface area (Å²) < 4.78 is 1.08. The first-order valence-corrected chi connectivity index (χ1v) is 6.17. The van der Waals surface area contributed by atoms with Gasteiger partial charge in [-0.1, -0.05) is 28.1 Å². The lowest BCUT2D eigenvalue weighted by atomic mass is 10.1. The third-order valence-corrected chi connectivity index (χ3v) is 2.78. The summed E-state index contributed by atoms with van der Waals surface area (Å²) in [4.78, 5) is 11.3. The number of carbonyl (C=O) groups excluding carboxylic acids is 1. The smallest absolute Gasteiger partial charge is 0.221 e. The second-order valence-corrected chi connectivity index (χ2v) is 4.50. The SMILES string of the molecule is CNCCC(=O)NCCc1ccc(Br)cc1.Cl. The van der Waals surface area contributed by atoms with Crippen LogP contribution in [0.1, 0.15) is 12.0 Å². The molecule has 2 N–H and O–H groups in total. The number of hydrogen-bond acceptors (Lipinski definition) is 2. The van der Waals surface area contributed by atoms with E-state index >= 15 is 0 Å². The van der Waals surface area contributed by atoms with E-state index in [0.717, 1.165) is 17.4 Å². The maximum Gasteiger partial charge on any atom is 0.221 e. The van der Waals surface area contributed by atoms with Crippen molar-refractivity contribution in [2.24, 2.45) is 0 Å². The lowest BCUT2D eigenvalue weighted by Crippen LogP contribution is -2.28. The van der Waals surface area contributed by atoms with Crippen LogP contribution in [0, 0.1) is 0 Å². The third-order valence-electron chi connectivity index (χ3n) is 2.25. The number of benzene rings is 1. The average molecular weight is 322 g/mol. The molecular weight excluding hydrogens is 304 g/mol. The summed E-state index contributed by atoms with van der Waals surface area (Å²) >= 11 is 3.39. The van der Waals surface area contributed by atoms with Gasteiger partial charge in [-0.2, -0.15) is 0 Å². The quantitative estimate of drug-likeness (QED) is 0.843. The van der Waals surface area contributed by atoms with E-state index in [1.165, 1.54) is 5.56 Å². The van der Waals surface area contributed by atoms with Crippen LogP contribution in [0.15, 0.2) is 28.7 Å². The molecule has 0 unspecified atom stereocenters. The van der Waals surface area contributed by atoms with Gasteiger partial charge in [0.05, 0.1) is 0 Å². The molecule has 0 aliphatic heterocycles. The Morgan fingerprint density at radius 3 is 2.47 bits per heavy atom. The van der Waals surface area contributed by atoms with Gasteiger partial charge in [0, 0.05) is 24.0 Å². The first-order valence-electron chi connectivity index (χ1n) is 5.38. The summed E-state index contributed by atoms with van der Waals surface area (Å²) in [5.74, 6) is 0.103. The van der Waals surface area contributed by atoms with Crippen molar-refractivity contribution in [3.63, 3.8) is 0 Å². The van der Waals surface area contributed by atoms with Gasteiger partial charge in [-0.3, -0.25) is 4.79 Å². The van der Waals surface area contributed by atoms with Crippen LogP contribution in [0.25, 0.3) is 0 Å². The minimum Gasteiger partial charge on any atom is -0.356 e. The molecule has 0 saturated heterocycles. The zero-order chi connectivity index (χ0) is 11.8. The van der Waals surface area contributed by atoms with E-state index in [9.17, 15) is 4.79 Å². The first kappa shape index (κ1) is 16.4. The highest BCUT2D eigenvalue weighted by molar-refractivity contribution is 9.10. The van der Waals surface area contributed by atoms with Crippen LogP contribution < -0.4 is 10.6 Å². The largest absolute Gasteiger partial charge is 0.356 e. The highest BCUT2D eigenvalue weighted by Gasteiger charge is 1.99. The topological polar surface area (TPSA) is 41.1 Å². The third kappa shape index (κ3) is 7.36. The molecule has 0 aromatic heterocycles. The molecule has 0 heterocycles. The monoisotopic (exact) mass is 320 g/mol. The fourth-order valence-corrected chi connectivity index (χ4v) is 1.59. The summed E-state index contributed by atoms with van der Waals surface area (Å²) in [6.45, 7) is 1.42.